The minimum absolute atomic E-state index is 0.00286. The van der Waals surface area contributed by atoms with Gasteiger partial charge in [-0.15, -0.1) is 11.3 Å². The van der Waals surface area contributed by atoms with Gasteiger partial charge in [-0.1, -0.05) is 17.7 Å². The van der Waals surface area contributed by atoms with Crippen molar-refractivity contribution in [3.63, 3.8) is 0 Å². The Balaban J connectivity index is 1.28. The molecule has 1 fully saturated rings. The van der Waals surface area contributed by atoms with Crippen molar-refractivity contribution >= 4 is 55.7 Å². The lowest BCUT2D eigenvalue weighted by atomic mass is 9.90. The van der Waals surface area contributed by atoms with Crippen LogP contribution in [0.15, 0.2) is 48.0 Å². The Kier molecular flexibility index (Phi) is 6.07. The maximum Gasteiger partial charge on any atom is 0.433 e. The van der Waals surface area contributed by atoms with Crippen LogP contribution in [0.2, 0.25) is 5.02 Å². The first-order chi connectivity index (χ1) is 16.3. The molecule has 0 aliphatic heterocycles. The topological polar surface area (TPSA) is 66.9 Å². The molecule has 2 aromatic carbocycles. The molecule has 1 aliphatic carbocycles. The van der Waals surface area contributed by atoms with Crippen molar-refractivity contribution in [3.8, 4) is 0 Å². The van der Waals surface area contributed by atoms with Crippen LogP contribution in [0.3, 0.4) is 0 Å². The fourth-order valence-corrected chi connectivity index (χ4v) is 5.37. The fourth-order valence-electron chi connectivity index (χ4n) is 4.39. The molecular formula is C24H20ClF3N4OS. The summed E-state index contributed by atoms with van der Waals surface area (Å²) in [4.78, 5) is 20.8. The number of thiazole rings is 1. The van der Waals surface area contributed by atoms with Crippen molar-refractivity contribution < 1.29 is 18.0 Å². The van der Waals surface area contributed by atoms with Crippen molar-refractivity contribution in [2.24, 2.45) is 0 Å². The van der Waals surface area contributed by atoms with Gasteiger partial charge in [-0.2, -0.15) is 13.2 Å². The Labute approximate surface area is 202 Å². The lowest BCUT2D eigenvalue weighted by Crippen LogP contribution is -2.40. The zero-order chi connectivity index (χ0) is 23.9. The largest absolute Gasteiger partial charge is 0.433 e. The predicted octanol–water partition coefficient (Wildman–Crippen LogP) is 6.67. The Bertz CT molecular complexity index is 1370. The van der Waals surface area contributed by atoms with Crippen LogP contribution in [0.1, 0.15) is 41.7 Å². The van der Waals surface area contributed by atoms with E-state index in [1.807, 2.05) is 12.1 Å². The monoisotopic (exact) mass is 504 g/mol. The average molecular weight is 505 g/mol. The highest BCUT2D eigenvalue weighted by molar-refractivity contribution is 7.17. The standard InChI is InChI=1S/C24H20ClF3N4OS/c25-13-4-9-18-17(10-13)20(11-21(32-18)24(26,27)28)30-14-5-7-15(8-6-14)31-23(33)16-2-1-3-19-22(16)34-12-29-19/h1-4,9-12,14-15H,5-8H2,(H,30,32)(H,31,33)/t14-,15+. The highest BCUT2D eigenvalue weighted by atomic mass is 35.5. The van der Waals surface area contributed by atoms with Gasteiger partial charge in [0.1, 0.15) is 5.69 Å². The smallest absolute Gasteiger partial charge is 0.382 e. The van der Waals surface area contributed by atoms with Gasteiger partial charge in [-0.3, -0.25) is 4.79 Å². The number of amides is 1. The normalized spacial score (nSPS) is 18.8. The highest BCUT2D eigenvalue weighted by Gasteiger charge is 2.34. The number of carbonyl (C=O) groups excluding carboxylic acids is 1. The third-order valence-corrected chi connectivity index (χ3v) is 7.20. The van der Waals surface area contributed by atoms with Gasteiger partial charge in [-0.25, -0.2) is 9.97 Å². The summed E-state index contributed by atoms with van der Waals surface area (Å²) in [6.45, 7) is 0. The second-order valence-electron chi connectivity index (χ2n) is 8.39. The van der Waals surface area contributed by atoms with E-state index in [0.717, 1.165) is 29.1 Å². The molecule has 0 radical (unpaired) electrons. The number of hydrogen-bond acceptors (Lipinski definition) is 5. The van der Waals surface area contributed by atoms with Crippen molar-refractivity contribution in [1.29, 1.82) is 0 Å². The Hall–Kier alpha value is -2.91. The van der Waals surface area contributed by atoms with Gasteiger partial charge < -0.3 is 10.6 Å². The van der Waals surface area contributed by atoms with E-state index in [9.17, 15) is 18.0 Å². The molecule has 4 aromatic rings. The number of benzene rings is 2. The molecule has 10 heteroatoms. The Morgan fingerprint density at radius 1 is 1.03 bits per heavy atom. The molecule has 176 valence electrons. The summed E-state index contributed by atoms with van der Waals surface area (Å²) in [5.74, 6) is -0.129. The van der Waals surface area contributed by atoms with Crippen molar-refractivity contribution in [3.05, 3.63) is 64.3 Å². The van der Waals surface area contributed by atoms with Gasteiger partial charge in [-0.05, 0) is 62.1 Å². The number of fused-ring (bicyclic) bond motifs is 2. The van der Waals surface area contributed by atoms with E-state index >= 15 is 0 Å². The molecule has 0 spiro atoms. The number of hydrogen-bond donors (Lipinski definition) is 2. The number of anilines is 1. The first kappa shape index (κ1) is 22.9. The maximum absolute atomic E-state index is 13.4. The summed E-state index contributed by atoms with van der Waals surface area (Å²) < 4.78 is 41.0. The van der Waals surface area contributed by atoms with Crippen molar-refractivity contribution in [2.45, 2.75) is 43.9 Å². The minimum Gasteiger partial charge on any atom is -0.382 e. The summed E-state index contributed by atoms with van der Waals surface area (Å²) in [6, 6.07) is 11.2. The van der Waals surface area contributed by atoms with E-state index < -0.39 is 11.9 Å². The zero-order valence-electron chi connectivity index (χ0n) is 17.8. The lowest BCUT2D eigenvalue weighted by Gasteiger charge is -2.31. The van der Waals surface area contributed by atoms with Crippen LogP contribution in [0, 0.1) is 0 Å². The third kappa shape index (κ3) is 4.67. The van der Waals surface area contributed by atoms with Gasteiger partial charge >= 0.3 is 6.18 Å². The second kappa shape index (κ2) is 9.03. The van der Waals surface area contributed by atoms with Crippen LogP contribution < -0.4 is 10.6 Å². The quantitative estimate of drug-likeness (QED) is 0.326. The SMILES string of the molecule is O=C(N[C@H]1CC[C@@H](Nc2cc(C(F)(F)F)nc3ccc(Cl)cc23)CC1)c1cccc2ncsc12. The number of aromatic nitrogens is 2. The van der Waals surface area contributed by atoms with Gasteiger partial charge in [0.15, 0.2) is 0 Å². The van der Waals surface area contributed by atoms with E-state index in [1.54, 1.807) is 17.6 Å². The first-order valence-corrected chi connectivity index (χ1v) is 12.1. The van der Waals surface area contributed by atoms with Crippen LogP contribution in [-0.4, -0.2) is 28.0 Å². The zero-order valence-corrected chi connectivity index (χ0v) is 19.4. The number of halogens is 4. The van der Waals surface area contributed by atoms with Crippen LogP contribution in [0.4, 0.5) is 18.9 Å². The summed E-state index contributed by atoms with van der Waals surface area (Å²) in [5, 5.41) is 7.36. The molecule has 1 saturated carbocycles. The molecule has 5 nitrogen and oxygen atoms in total. The second-order valence-corrected chi connectivity index (χ2v) is 9.68. The number of rotatable bonds is 4. The average Bonchev–Trinajstić information content (AvgIpc) is 3.29. The van der Waals surface area contributed by atoms with E-state index in [2.05, 4.69) is 20.6 Å². The lowest BCUT2D eigenvalue weighted by molar-refractivity contribution is -0.140. The first-order valence-electron chi connectivity index (χ1n) is 10.8. The number of nitrogens with zero attached hydrogens (tertiary/aromatic N) is 2. The molecule has 34 heavy (non-hydrogen) atoms. The minimum atomic E-state index is -4.55. The van der Waals surface area contributed by atoms with Crippen molar-refractivity contribution in [1.82, 2.24) is 15.3 Å². The van der Waals surface area contributed by atoms with E-state index in [4.69, 9.17) is 11.6 Å². The van der Waals surface area contributed by atoms with E-state index in [1.165, 1.54) is 23.5 Å². The fraction of sp³-hybridized carbons (Fsp3) is 0.292. The van der Waals surface area contributed by atoms with Gasteiger partial charge in [0.25, 0.3) is 5.91 Å². The molecule has 1 aliphatic rings. The summed E-state index contributed by atoms with van der Waals surface area (Å²) >= 11 is 7.52. The molecule has 0 atom stereocenters. The highest BCUT2D eigenvalue weighted by Crippen LogP contribution is 2.35. The Morgan fingerprint density at radius 2 is 1.79 bits per heavy atom. The van der Waals surface area contributed by atoms with Crippen molar-refractivity contribution in [2.75, 3.05) is 5.32 Å². The number of nitrogens with one attached hydrogen (secondary N) is 2. The number of pyridine rings is 1. The van der Waals surface area contributed by atoms with Gasteiger partial charge in [0.2, 0.25) is 0 Å². The molecular weight excluding hydrogens is 485 g/mol. The molecule has 0 bridgehead atoms. The van der Waals surface area contributed by atoms with Crippen LogP contribution in [0.5, 0.6) is 0 Å². The molecule has 2 N–H and O–H groups in total. The third-order valence-electron chi connectivity index (χ3n) is 6.08. The summed E-state index contributed by atoms with van der Waals surface area (Å²) in [6.07, 6.45) is -1.69. The molecule has 2 aromatic heterocycles. The molecule has 5 rings (SSSR count). The molecule has 0 saturated heterocycles. The Morgan fingerprint density at radius 3 is 2.56 bits per heavy atom. The molecule has 0 unspecified atom stereocenters. The van der Waals surface area contributed by atoms with Gasteiger partial charge in [0.05, 0.1) is 26.8 Å². The van der Waals surface area contributed by atoms with Crippen LogP contribution >= 0.6 is 22.9 Å². The summed E-state index contributed by atoms with van der Waals surface area (Å²) in [5.41, 5.74) is 2.79. The molecule has 1 amide bonds. The van der Waals surface area contributed by atoms with Crippen LogP contribution in [-0.2, 0) is 6.18 Å². The number of alkyl halides is 3. The van der Waals surface area contributed by atoms with Gasteiger partial charge in [0, 0.05) is 28.2 Å². The predicted molar refractivity (Wildman–Crippen MR) is 129 cm³/mol. The van der Waals surface area contributed by atoms with E-state index in [-0.39, 0.29) is 23.5 Å². The molecule has 2 heterocycles. The maximum atomic E-state index is 13.4. The number of carbonyl (C=O) groups is 1. The van der Waals surface area contributed by atoms with E-state index in [0.29, 0.717) is 34.5 Å². The van der Waals surface area contributed by atoms with Crippen LogP contribution in [0.25, 0.3) is 21.1 Å². The summed E-state index contributed by atoms with van der Waals surface area (Å²) in [7, 11) is 0.